The van der Waals surface area contributed by atoms with Gasteiger partial charge in [0.25, 0.3) is 0 Å². The molecule has 0 radical (unpaired) electrons. The Hall–Kier alpha value is -1.75. The highest BCUT2D eigenvalue weighted by Gasteiger charge is 2.42. The van der Waals surface area contributed by atoms with Crippen LogP contribution in [0.5, 0.6) is 5.75 Å². The molecule has 1 aromatic rings. The van der Waals surface area contributed by atoms with Crippen LogP contribution in [0.1, 0.15) is 36.0 Å². The van der Waals surface area contributed by atoms with Crippen molar-refractivity contribution < 1.29 is 9.47 Å². The maximum atomic E-state index is 6.01. The molecule has 2 aliphatic rings. The second-order valence-electron chi connectivity index (χ2n) is 7.86. The Kier molecular flexibility index (Phi) is 6.07. The smallest absolute Gasteiger partial charge is 0.193 e. The van der Waals surface area contributed by atoms with Crippen molar-refractivity contribution in [2.24, 2.45) is 10.4 Å². The number of benzene rings is 1. The number of hydrogen-bond acceptors (Lipinski definition) is 3. The van der Waals surface area contributed by atoms with Gasteiger partial charge in [-0.15, -0.1) is 0 Å². The number of rotatable bonds is 5. The van der Waals surface area contributed by atoms with E-state index in [2.05, 4.69) is 48.1 Å². The molecule has 0 saturated carbocycles. The van der Waals surface area contributed by atoms with Gasteiger partial charge in [0.05, 0.1) is 13.2 Å². The van der Waals surface area contributed by atoms with Crippen LogP contribution >= 0.6 is 0 Å². The van der Waals surface area contributed by atoms with Crippen LogP contribution < -0.4 is 10.1 Å². The third-order valence-corrected chi connectivity index (χ3v) is 5.76. The van der Waals surface area contributed by atoms with Crippen LogP contribution in [-0.2, 0) is 4.74 Å². The number of likely N-dealkylation sites (tertiary alicyclic amines) is 1. The number of aliphatic imine (C=N–C) groups is 1. The lowest BCUT2D eigenvalue weighted by atomic mass is 9.87. The molecule has 1 atom stereocenters. The van der Waals surface area contributed by atoms with Gasteiger partial charge in [-0.05, 0) is 62.8 Å². The van der Waals surface area contributed by atoms with Crippen LogP contribution in [-0.4, -0.2) is 57.4 Å². The Labute approximate surface area is 157 Å². The summed E-state index contributed by atoms with van der Waals surface area (Å²) in [4.78, 5) is 6.85. The van der Waals surface area contributed by atoms with Crippen molar-refractivity contribution >= 4 is 5.96 Å². The number of aryl methyl sites for hydroxylation is 2. The van der Waals surface area contributed by atoms with Gasteiger partial charge in [-0.2, -0.15) is 0 Å². The minimum Gasteiger partial charge on any atom is -0.493 e. The van der Waals surface area contributed by atoms with E-state index in [1.165, 1.54) is 29.5 Å². The quantitative estimate of drug-likeness (QED) is 0.499. The molecule has 2 heterocycles. The summed E-state index contributed by atoms with van der Waals surface area (Å²) in [6.07, 6.45) is 3.35. The molecule has 2 saturated heterocycles. The second-order valence-corrected chi connectivity index (χ2v) is 7.86. The Morgan fingerprint density at radius 2 is 2.15 bits per heavy atom. The summed E-state index contributed by atoms with van der Waals surface area (Å²) >= 11 is 0. The molecule has 0 amide bonds. The molecule has 0 aromatic heterocycles. The van der Waals surface area contributed by atoms with E-state index < -0.39 is 0 Å². The van der Waals surface area contributed by atoms with Gasteiger partial charge in [-0.1, -0.05) is 6.07 Å². The lowest BCUT2D eigenvalue weighted by molar-refractivity contribution is 0.156. The van der Waals surface area contributed by atoms with Crippen LogP contribution in [0.2, 0.25) is 0 Å². The van der Waals surface area contributed by atoms with Crippen LogP contribution in [0.25, 0.3) is 0 Å². The molecule has 0 aliphatic carbocycles. The Morgan fingerprint density at radius 1 is 1.31 bits per heavy atom. The number of ether oxygens (including phenoxy) is 2. The number of guanidine groups is 1. The topological polar surface area (TPSA) is 46.1 Å². The Balaban J connectivity index is 1.42. The molecule has 26 heavy (non-hydrogen) atoms. The molecule has 0 bridgehead atoms. The zero-order valence-electron chi connectivity index (χ0n) is 16.7. The van der Waals surface area contributed by atoms with Gasteiger partial charge in [-0.3, -0.25) is 4.99 Å². The maximum Gasteiger partial charge on any atom is 0.193 e. The van der Waals surface area contributed by atoms with E-state index >= 15 is 0 Å². The summed E-state index contributed by atoms with van der Waals surface area (Å²) in [5, 5.41) is 3.50. The molecule has 1 N–H and O–H groups in total. The second kappa shape index (κ2) is 8.30. The molecule has 5 heteroatoms. The van der Waals surface area contributed by atoms with Gasteiger partial charge >= 0.3 is 0 Å². The molecule has 2 aliphatic heterocycles. The SMILES string of the molecule is CN=C(NCCCOc1cc(C)cc(C)c1C)N1CCC2(CCOC2)C1. The highest BCUT2D eigenvalue weighted by atomic mass is 16.5. The Morgan fingerprint density at radius 3 is 2.88 bits per heavy atom. The highest BCUT2D eigenvalue weighted by Crippen LogP contribution is 2.38. The molecule has 5 nitrogen and oxygen atoms in total. The maximum absolute atomic E-state index is 6.01. The van der Waals surface area contributed by atoms with Crippen LogP contribution in [0.4, 0.5) is 0 Å². The lowest BCUT2D eigenvalue weighted by Crippen LogP contribution is -2.42. The molecular weight excluding hydrogens is 326 g/mol. The first-order chi connectivity index (χ1) is 12.5. The third kappa shape index (κ3) is 4.32. The summed E-state index contributed by atoms with van der Waals surface area (Å²) in [6.45, 7) is 11.9. The number of hydrogen-bond donors (Lipinski definition) is 1. The van der Waals surface area contributed by atoms with Crippen molar-refractivity contribution in [3.63, 3.8) is 0 Å². The molecule has 144 valence electrons. The molecule has 3 rings (SSSR count). The van der Waals surface area contributed by atoms with E-state index in [1.807, 2.05) is 7.05 Å². The first-order valence-electron chi connectivity index (χ1n) is 9.77. The van der Waals surface area contributed by atoms with Gasteiger partial charge in [-0.25, -0.2) is 0 Å². The average Bonchev–Trinajstić information content (AvgIpc) is 3.25. The largest absolute Gasteiger partial charge is 0.493 e. The fourth-order valence-corrected chi connectivity index (χ4v) is 4.02. The summed E-state index contributed by atoms with van der Waals surface area (Å²) < 4.78 is 11.6. The van der Waals surface area contributed by atoms with E-state index in [-0.39, 0.29) is 0 Å². The fraction of sp³-hybridized carbons (Fsp3) is 0.667. The molecular formula is C21H33N3O2. The standard InChI is InChI=1S/C21H33N3O2/c1-16-12-17(2)18(3)19(13-16)26-10-5-8-23-20(22-4)24-9-6-21(14-24)7-11-25-15-21/h12-13H,5-11,14-15H2,1-4H3,(H,22,23). The van der Waals surface area contributed by atoms with Crippen molar-refractivity contribution in [2.75, 3.05) is 46.5 Å². The van der Waals surface area contributed by atoms with E-state index in [0.717, 1.165) is 51.0 Å². The zero-order chi connectivity index (χ0) is 18.6. The normalized spacial score (nSPS) is 23.1. The molecule has 1 spiro atoms. The van der Waals surface area contributed by atoms with Crippen LogP contribution in [0.3, 0.4) is 0 Å². The summed E-state index contributed by atoms with van der Waals surface area (Å²) in [5.41, 5.74) is 4.14. The molecule has 1 aromatic carbocycles. The van der Waals surface area contributed by atoms with E-state index in [9.17, 15) is 0 Å². The highest BCUT2D eigenvalue weighted by molar-refractivity contribution is 5.80. The van der Waals surface area contributed by atoms with Crippen molar-refractivity contribution in [1.29, 1.82) is 0 Å². The van der Waals surface area contributed by atoms with Crippen LogP contribution in [0.15, 0.2) is 17.1 Å². The average molecular weight is 360 g/mol. The van der Waals surface area contributed by atoms with E-state index in [0.29, 0.717) is 12.0 Å². The summed E-state index contributed by atoms with van der Waals surface area (Å²) in [5.74, 6) is 2.02. The molecule has 2 fully saturated rings. The first kappa shape index (κ1) is 19.0. The van der Waals surface area contributed by atoms with E-state index in [4.69, 9.17) is 9.47 Å². The van der Waals surface area contributed by atoms with Gasteiger partial charge in [0.15, 0.2) is 5.96 Å². The van der Waals surface area contributed by atoms with Gasteiger partial charge < -0.3 is 19.7 Å². The Bertz CT molecular complexity index is 651. The number of nitrogens with one attached hydrogen (secondary N) is 1. The van der Waals surface area contributed by atoms with Crippen LogP contribution in [0, 0.1) is 26.2 Å². The monoisotopic (exact) mass is 359 g/mol. The number of nitrogens with zero attached hydrogens (tertiary/aromatic N) is 2. The van der Waals surface area contributed by atoms with Crippen molar-refractivity contribution in [1.82, 2.24) is 10.2 Å². The van der Waals surface area contributed by atoms with Gasteiger partial charge in [0, 0.05) is 38.7 Å². The first-order valence-corrected chi connectivity index (χ1v) is 9.77. The van der Waals surface area contributed by atoms with E-state index in [1.54, 1.807) is 0 Å². The minimum atomic E-state index is 0.362. The van der Waals surface area contributed by atoms with Crippen molar-refractivity contribution in [2.45, 2.75) is 40.0 Å². The fourth-order valence-electron chi connectivity index (χ4n) is 4.02. The third-order valence-electron chi connectivity index (χ3n) is 5.76. The predicted molar refractivity (Wildman–Crippen MR) is 106 cm³/mol. The van der Waals surface area contributed by atoms with Crippen molar-refractivity contribution in [3.05, 3.63) is 28.8 Å². The minimum absolute atomic E-state index is 0.362. The summed E-state index contributed by atoms with van der Waals surface area (Å²) in [7, 11) is 1.87. The zero-order valence-corrected chi connectivity index (χ0v) is 16.7. The predicted octanol–water partition coefficient (Wildman–Crippen LogP) is 3.07. The summed E-state index contributed by atoms with van der Waals surface area (Å²) in [6, 6.07) is 4.33. The molecule has 1 unspecified atom stereocenters. The van der Waals surface area contributed by atoms with Gasteiger partial charge in [0.2, 0.25) is 0 Å². The lowest BCUT2D eigenvalue weighted by Gasteiger charge is -2.25. The van der Waals surface area contributed by atoms with Crippen molar-refractivity contribution in [3.8, 4) is 5.75 Å². The van der Waals surface area contributed by atoms with Gasteiger partial charge in [0.1, 0.15) is 5.75 Å².